The van der Waals surface area contributed by atoms with E-state index in [0.717, 1.165) is 12.0 Å². The third-order valence-corrected chi connectivity index (χ3v) is 2.69. The molecule has 0 aliphatic heterocycles. The van der Waals surface area contributed by atoms with Crippen molar-refractivity contribution in [3.8, 4) is 5.75 Å². The van der Waals surface area contributed by atoms with Gasteiger partial charge in [-0.05, 0) is 46.7 Å². The lowest BCUT2D eigenvalue weighted by atomic mass is 10.2. The summed E-state index contributed by atoms with van der Waals surface area (Å²) in [6.07, 6.45) is -3.51. The van der Waals surface area contributed by atoms with Crippen LogP contribution < -0.4 is 4.74 Å². The summed E-state index contributed by atoms with van der Waals surface area (Å²) in [5.41, 5.74) is 0.965. The predicted molar refractivity (Wildman–Crippen MR) is 60.1 cm³/mol. The third kappa shape index (κ3) is 4.27. The topological polar surface area (TPSA) is 9.23 Å². The zero-order valence-electron chi connectivity index (χ0n) is 8.07. The number of aryl methyl sites for hydroxylation is 1. The lowest BCUT2D eigenvalue weighted by Gasteiger charge is -2.11. The monoisotopic (exact) mass is 330 g/mol. The molecule has 0 aromatic heterocycles. The van der Waals surface area contributed by atoms with Crippen LogP contribution in [-0.2, 0) is 6.42 Å². The second-order valence-corrected chi connectivity index (χ2v) is 4.18. The number of hydrogen-bond donors (Lipinski definition) is 0. The summed E-state index contributed by atoms with van der Waals surface area (Å²) in [5.74, 6) is 0.298. The molecule has 0 heterocycles. The van der Waals surface area contributed by atoms with Crippen LogP contribution >= 0.6 is 22.6 Å². The Hall–Kier alpha value is -0.460. The van der Waals surface area contributed by atoms with Gasteiger partial charge in [-0.1, -0.05) is 13.0 Å². The molecule has 15 heavy (non-hydrogen) atoms. The van der Waals surface area contributed by atoms with Gasteiger partial charge >= 0.3 is 6.18 Å². The summed E-state index contributed by atoms with van der Waals surface area (Å²) in [5, 5.41) is 0. The highest BCUT2D eigenvalue weighted by Crippen LogP contribution is 2.25. The molecule has 0 atom stereocenters. The van der Waals surface area contributed by atoms with Gasteiger partial charge in [0.1, 0.15) is 5.75 Å². The van der Waals surface area contributed by atoms with Crippen LogP contribution in [0.1, 0.15) is 12.5 Å². The van der Waals surface area contributed by atoms with Gasteiger partial charge in [0.15, 0.2) is 6.61 Å². The van der Waals surface area contributed by atoms with E-state index in [-0.39, 0.29) is 0 Å². The zero-order chi connectivity index (χ0) is 11.5. The van der Waals surface area contributed by atoms with Crippen molar-refractivity contribution in [2.45, 2.75) is 19.5 Å². The van der Waals surface area contributed by atoms with Crippen LogP contribution in [0.3, 0.4) is 0 Å². The lowest BCUT2D eigenvalue weighted by Crippen LogP contribution is -2.19. The molecule has 1 aromatic carbocycles. The molecule has 0 aliphatic rings. The Morgan fingerprint density at radius 1 is 1.33 bits per heavy atom. The van der Waals surface area contributed by atoms with Crippen molar-refractivity contribution < 1.29 is 17.9 Å². The molecule has 5 heteroatoms. The van der Waals surface area contributed by atoms with E-state index in [1.807, 2.05) is 35.6 Å². The first-order valence-corrected chi connectivity index (χ1v) is 5.48. The van der Waals surface area contributed by atoms with Crippen molar-refractivity contribution in [3.63, 3.8) is 0 Å². The summed E-state index contributed by atoms with van der Waals surface area (Å²) >= 11 is 1.95. The van der Waals surface area contributed by atoms with E-state index >= 15 is 0 Å². The van der Waals surface area contributed by atoms with Gasteiger partial charge in [-0.15, -0.1) is 0 Å². The van der Waals surface area contributed by atoms with E-state index in [1.165, 1.54) is 0 Å². The quantitative estimate of drug-likeness (QED) is 0.766. The molecule has 84 valence electrons. The fourth-order valence-electron chi connectivity index (χ4n) is 1.04. The lowest BCUT2D eigenvalue weighted by molar-refractivity contribution is -0.153. The molecular weight excluding hydrogens is 320 g/mol. The summed E-state index contributed by atoms with van der Waals surface area (Å²) in [6.45, 7) is 0.700. The van der Waals surface area contributed by atoms with Crippen LogP contribution in [0.15, 0.2) is 18.2 Å². The largest absolute Gasteiger partial charge is 0.483 e. The van der Waals surface area contributed by atoms with Gasteiger partial charge in [-0.3, -0.25) is 0 Å². The summed E-state index contributed by atoms with van der Waals surface area (Å²) in [7, 11) is 0. The van der Waals surface area contributed by atoms with Crippen LogP contribution in [0.5, 0.6) is 5.75 Å². The zero-order valence-corrected chi connectivity index (χ0v) is 10.2. The molecule has 0 N–H and O–H groups in total. The van der Waals surface area contributed by atoms with E-state index in [9.17, 15) is 13.2 Å². The Bertz CT molecular complexity index is 336. The van der Waals surface area contributed by atoms with Crippen molar-refractivity contribution in [2.24, 2.45) is 0 Å². The van der Waals surface area contributed by atoms with E-state index in [0.29, 0.717) is 9.32 Å². The van der Waals surface area contributed by atoms with E-state index in [4.69, 9.17) is 4.74 Å². The molecule has 0 saturated carbocycles. The van der Waals surface area contributed by atoms with Crippen LogP contribution in [0.4, 0.5) is 13.2 Å². The van der Waals surface area contributed by atoms with Gasteiger partial charge in [0, 0.05) is 0 Å². The summed E-state index contributed by atoms with van der Waals surface area (Å²) < 4.78 is 41.2. The highest BCUT2D eigenvalue weighted by atomic mass is 127. The minimum atomic E-state index is -4.29. The highest BCUT2D eigenvalue weighted by Gasteiger charge is 2.28. The van der Waals surface area contributed by atoms with E-state index in [2.05, 4.69) is 0 Å². The summed E-state index contributed by atoms with van der Waals surface area (Å²) in [6, 6.07) is 5.28. The number of hydrogen-bond acceptors (Lipinski definition) is 1. The molecule has 1 nitrogen and oxygen atoms in total. The second kappa shape index (κ2) is 5.05. The molecular formula is C10H10F3IO. The molecule has 0 radical (unpaired) electrons. The third-order valence-electron chi connectivity index (χ3n) is 1.80. The Labute approximate surface area is 99.8 Å². The van der Waals surface area contributed by atoms with E-state index in [1.54, 1.807) is 12.1 Å². The second-order valence-electron chi connectivity index (χ2n) is 3.02. The fraction of sp³-hybridized carbons (Fsp3) is 0.400. The van der Waals surface area contributed by atoms with Crippen LogP contribution in [0, 0.1) is 3.57 Å². The molecule has 0 spiro atoms. The molecule has 0 amide bonds. The molecule has 0 saturated heterocycles. The maximum atomic E-state index is 11.9. The molecule has 0 bridgehead atoms. The minimum absolute atomic E-state index is 0.298. The average molecular weight is 330 g/mol. The standard InChI is InChI=1S/C10H10F3IO/c1-2-7-3-4-8(14)9(5-7)15-6-10(11,12)13/h3-5H,2,6H2,1H3. The average Bonchev–Trinajstić information content (AvgIpc) is 2.15. The van der Waals surface area contributed by atoms with E-state index < -0.39 is 12.8 Å². The molecule has 1 rings (SSSR count). The van der Waals surface area contributed by atoms with Crippen molar-refractivity contribution in [2.75, 3.05) is 6.61 Å². The molecule has 0 unspecified atom stereocenters. The normalized spacial score (nSPS) is 11.5. The first kappa shape index (κ1) is 12.6. The van der Waals surface area contributed by atoms with Gasteiger partial charge in [-0.2, -0.15) is 13.2 Å². The van der Waals surface area contributed by atoms with Crippen LogP contribution in [-0.4, -0.2) is 12.8 Å². The van der Waals surface area contributed by atoms with Gasteiger partial charge in [0.05, 0.1) is 3.57 Å². The number of rotatable bonds is 3. The number of benzene rings is 1. The first-order valence-electron chi connectivity index (χ1n) is 4.40. The Morgan fingerprint density at radius 2 is 2.00 bits per heavy atom. The smallest absolute Gasteiger partial charge is 0.422 e. The molecule has 0 aliphatic carbocycles. The Morgan fingerprint density at radius 3 is 2.53 bits per heavy atom. The Balaban J connectivity index is 2.75. The van der Waals surface area contributed by atoms with Crippen molar-refractivity contribution in [1.29, 1.82) is 0 Å². The fourth-order valence-corrected chi connectivity index (χ4v) is 1.53. The SMILES string of the molecule is CCc1ccc(I)c(OCC(F)(F)F)c1. The number of halogens is 4. The van der Waals surface area contributed by atoms with Crippen molar-refractivity contribution in [1.82, 2.24) is 0 Å². The van der Waals surface area contributed by atoms with Gasteiger partial charge in [-0.25, -0.2) is 0 Å². The maximum Gasteiger partial charge on any atom is 0.422 e. The predicted octanol–water partition coefficient (Wildman–Crippen LogP) is 3.79. The number of ether oxygens (including phenoxy) is 1. The van der Waals surface area contributed by atoms with Crippen LogP contribution in [0.25, 0.3) is 0 Å². The summed E-state index contributed by atoms with van der Waals surface area (Å²) in [4.78, 5) is 0. The van der Waals surface area contributed by atoms with Gasteiger partial charge in [0.2, 0.25) is 0 Å². The highest BCUT2D eigenvalue weighted by molar-refractivity contribution is 14.1. The maximum absolute atomic E-state index is 11.9. The van der Waals surface area contributed by atoms with Crippen molar-refractivity contribution >= 4 is 22.6 Å². The van der Waals surface area contributed by atoms with Gasteiger partial charge < -0.3 is 4.74 Å². The van der Waals surface area contributed by atoms with Crippen molar-refractivity contribution in [3.05, 3.63) is 27.3 Å². The number of alkyl halides is 3. The van der Waals surface area contributed by atoms with Crippen LogP contribution in [0.2, 0.25) is 0 Å². The molecule has 1 aromatic rings. The first-order chi connectivity index (χ1) is 6.92. The Kier molecular flexibility index (Phi) is 4.24. The minimum Gasteiger partial charge on any atom is -0.483 e. The molecule has 0 fully saturated rings. The van der Waals surface area contributed by atoms with Gasteiger partial charge in [0.25, 0.3) is 0 Å².